The molecular formula is C14H21N3O2. The Morgan fingerprint density at radius 1 is 1.53 bits per heavy atom. The van der Waals surface area contributed by atoms with E-state index in [1.54, 1.807) is 7.11 Å². The largest absolute Gasteiger partial charge is 0.398 e. The maximum Gasteiger partial charge on any atom is 0.234 e. The number of hydrogen-bond donors (Lipinski definition) is 2. The minimum atomic E-state index is 0.0370. The smallest absolute Gasteiger partial charge is 0.234 e. The first-order valence-electron chi connectivity index (χ1n) is 6.55. The van der Waals surface area contributed by atoms with Gasteiger partial charge in [-0.05, 0) is 23.6 Å². The summed E-state index contributed by atoms with van der Waals surface area (Å²) in [4.78, 5) is 13.9. The Morgan fingerprint density at radius 3 is 3.16 bits per heavy atom. The first kappa shape index (κ1) is 13.8. The van der Waals surface area contributed by atoms with Gasteiger partial charge >= 0.3 is 0 Å². The lowest BCUT2D eigenvalue weighted by molar-refractivity contribution is -0.122. The molecule has 5 nitrogen and oxygen atoms in total. The van der Waals surface area contributed by atoms with Crippen LogP contribution in [0.3, 0.4) is 0 Å². The van der Waals surface area contributed by atoms with Gasteiger partial charge in [0.1, 0.15) is 0 Å². The van der Waals surface area contributed by atoms with Gasteiger partial charge in [0.05, 0.1) is 13.2 Å². The van der Waals surface area contributed by atoms with Crippen molar-refractivity contribution in [1.29, 1.82) is 0 Å². The number of nitrogens with two attached hydrogens (primary N) is 1. The number of carbonyl (C=O) groups is 1. The number of ether oxygens (including phenoxy) is 1. The summed E-state index contributed by atoms with van der Waals surface area (Å²) < 4.78 is 4.90. The molecule has 0 radical (unpaired) electrons. The van der Waals surface area contributed by atoms with Crippen molar-refractivity contribution in [2.45, 2.75) is 13.0 Å². The molecule has 0 saturated heterocycles. The van der Waals surface area contributed by atoms with E-state index in [0.717, 1.165) is 25.2 Å². The highest BCUT2D eigenvalue weighted by Gasteiger charge is 2.19. The van der Waals surface area contributed by atoms with Gasteiger partial charge in [-0.1, -0.05) is 12.1 Å². The second-order valence-corrected chi connectivity index (χ2v) is 4.79. The molecule has 0 aromatic heterocycles. The van der Waals surface area contributed by atoms with Crippen molar-refractivity contribution in [3.05, 3.63) is 29.3 Å². The van der Waals surface area contributed by atoms with Crippen LogP contribution in [-0.2, 0) is 22.5 Å². The molecule has 1 aromatic rings. The first-order valence-corrected chi connectivity index (χ1v) is 6.55. The van der Waals surface area contributed by atoms with Crippen LogP contribution in [-0.4, -0.2) is 44.2 Å². The summed E-state index contributed by atoms with van der Waals surface area (Å²) in [5, 5.41) is 2.83. The fourth-order valence-electron chi connectivity index (χ4n) is 2.35. The number of amides is 1. The van der Waals surface area contributed by atoms with Crippen LogP contribution in [0.1, 0.15) is 11.1 Å². The third-order valence-corrected chi connectivity index (χ3v) is 3.38. The number of hydrogen-bond acceptors (Lipinski definition) is 4. The maximum atomic E-state index is 11.7. The molecule has 1 aromatic carbocycles. The van der Waals surface area contributed by atoms with Crippen LogP contribution in [0.25, 0.3) is 0 Å². The fourth-order valence-corrected chi connectivity index (χ4v) is 2.35. The molecule has 104 valence electrons. The minimum Gasteiger partial charge on any atom is -0.398 e. The minimum absolute atomic E-state index is 0.0370. The van der Waals surface area contributed by atoms with E-state index in [0.29, 0.717) is 19.7 Å². The molecule has 3 N–H and O–H groups in total. The number of benzene rings is 1. The molecule has 2 rings (SSSR count). The predicted molar refractivity (Wildman–Crippen MR) is 74.7 cm³/mol. The van der Waals surface area contributed by atoms with Crippen molar-refractivity contribution in [3.63, 3.8) is 0 Å². The zero-order chi connectivity index (χ0) is 13.7. The first-order chi connectivity index (χ1) is 9.20. The maximum absolute atomic E-state index is 11.7. The highest BCUT2D eigenvalue weighted by molar-refractivity contribution is 5.78. The van der Waals surface area contributed by atoms with Crippen molar-refractivity contribution in [2.24, 2.45) is 0 Å². The van der Waals surface area contributed by atoms with Crippen LogP contribution in [0.4, 0.5) is 5.69 Å². The standard InChI is InChI=1S/C14H21N3O2/c1-19-8-6-16-14(18)10-17-7-5-11-3-2-4-13(15)12(11)9-17/h2-4H,5-10,15H2,1H3,(H,16,18). The summed E-state index contributed by atoms with van der Waals surface area (Å²) in [6.07, 6.45) is 0.950. The number of carbonyl (C=O) groups excluding carboxylic acids is 1. The van der Waals surface area contributed by atoms with Crippen molar-refractivity contribution in [3.8, 4) is 0 Å². The van der Waals surface area contributed by atoms with Crippen molar-refractivity contribution in [2.75, 3.05) is 39.1 Å². The molecule has 1 amide bonds. The van der Waals surface area contributed by atoms with E-state index in [2.05, 4.69) is 16.3 Å². The van der Waals surface area contributed by atoms with Gasteiger partial charge in [-0.25, -0.2) is 0 Å². The van der Waals surface area contributed by atoms with E-state index in [1.165, 1.54) is 11.1 Å². The van der Waals surface area contributed by atoms with Crippen molar-refractivity contribution in [1.82, 2.24) is 10.2 Å². The Bertz CT molecular complexity index is 448. The number of rotatable bonds is 5. The summed E-state index contributed by atoms with van der Waals surface area (Å²) >= 11 is 0. The number of nitrogens with zero attached hydrogens (tertiary/aromatic N) is 1. The normalized spacial score (nSPS) is 15.0. The number of anilines is 1. The molecule has 1 heterocycles. The zero-order valence-corrected chi connectivity index (χ0v) is 11.3. The van der Waals surface area contributed by atoms with E-state index in [4.69, 9.17) is 10.5 Å². The second-order valence-electron chi connectivity index (χ2n) is 4.79. The molecule has 0 unspecified atom stereocenters. The third-order valence-electron chi connectivity index (χ3n) is 3.38. The van der Waals surface area contributed by atoms with Crippen LogP contribution >= 0.6 is 0 Å². The second kappa shape index (κ2) is 6.54. The number of fused-ring (bicyclic) bond motifs is 1. The Kier molecular flexibility index (Phi) is 4.76. The van der Waals surface area contributed by atoms with E-state index in [9.17, 15) is 4.79 Å². The SMILES string of the molecule is COCCNC(=O)CN1CCc2cccc(N)c2C1. The highest BCUT2D eigenvalue weighted by Crippen LogP contribution is 2.23. The summed E-state index contributed by atoms with van der Waals surface area (Å²) in [7, 11) is 1.62. The van der Waals surface area contributed by atoms with Gasteiger partial charge < -0.3 is 15.8 Å². The molecular weight excluding hydrogens is 242 g/mol. The topological polar surface area (TPSA) is 67.6 Å². The molecule has 0 fully saturated rings. The molecule has 1 aliphatic rings. The average molecular weight is 263 g/mol. The summed E-state index contributed by atoms with van der Waals surface area (Å²) in [5.74, 6) is 0.0370. The van der Waals surface area contributed by atoms with Crippen molar-refractivity contribution >= 4 is 11.6 Å². The van der Waals surface area contributed by atoms with E-state index < -0.39 is 0 Å². The van der Waals surface area contributed by atoms with Gasteiger partial charge in [-0.2, -0.15) is 0 Å². The monoisotopic (exact) mass is 263 g/mol. The lowest BCUT2D eigenvalue weighted by Crippen LogP contribution is -2.40. The van der Waals surface area contributed by atoms with E-state index >= 15 is 0 Å². The Hall–Kier alpha value is -1.59. The third kappa shape index (κ3) is 3.68. The van der Waals surface area contributed by atoms with Gasteiger partial charge in [-0.15, -0.1) is 0 Å². The van der Waals surface area contributed by atoms with Crippen LogP contribution in [0, 0.1) is 0 Å². The van der Waals surface area contributed by atoms with Gasteiger partial charge in [0.2, 0.25) is 5.91 Å². The molecule has 0 saturated carbocycles. The molecule has 5 heteroatoms. The number of nitrogen functional groups attached to an aromatic ring is 1. The number of nitrogens with one attached hydrogen (secondary N) is 1. The van der Waals surface area contributed by atoms with Gasteiger partial charge in [0.25, 0.3) is 0 Å². The molecule has 19 heavy (non-hydrogen) atoms. The molecule has 0 bridgehead atoms. The average Bonchev–Trinajstić information content (AvgIpc) is 2.40. The summed E-state index contributed by atoms with van der Waals surface area (Å²) in [6.45, 7) is 3.16. The summed E-state index contributed by atoms with van der Waals surface area (Å²) in [6, 6.07) is 6.02. The molecule has 1 aliphatic heterocycles. The van der Waals surface area contributed by atoms with Crippen molar-refractivity contribution < 1.29 is 9.53 Å². The summed E-state index contributed by atoms with van der Waals surface area (Å²) in [5.41, 5.74) is 9.28. The highest BCUT2D eigenvalue weighted by atomic mass is 16.5. The lowest BCUT2D eigenvalue weighted by atomic mass is 9.98. The quantitative estimate of drug-likeness (QED) is 0.596. The van der Waals surface area contributed by atoms with Crippen LogP contribution in [0.2, 0.25) is 0 Å². The van der Waals surface area contributed by atoms with Gasteiger partial charge in [-0.3, -0.25) is 9.69 Å². The Balaban J connectivity index is 1.88. The predicted octanol–water partition coefficient (Wildman–Crippen LogP) is 0.390. The Morgan fingerprint density at radius 2 is 2.37 bits per heavy atom. The zero-order valence-electron chi connectivity index (χ0n) is 11.3. The lowest BCUT2D eigenvalue weighted by Gasteiger charge is -2.29. The fraction of sp³-hybridized carbons (Fsp3) is 0.500. The molecule has 0 spiro atoms. The van der Waals surface area contributed by atoms with E-state index in [-0.39, 0.29) is 5.91 Å². The van der Waals surface area contributed by atoms with Crippen LogP contribution < -0.4 is 11.1 Å². The molecule has 0 aliphatic carbocycles. The number of methoxy groups -OCH3 is 1. The van der Waals surface area contributed by atoms with Gasteiger partial charge in [0, 0.05) is 32.4 Å². The van der Waals surface area contributed by atoms with Gasteiger partial charge in [0.15, 0.2) is 0 Å². The Labute approximate surface area is 113 Å². The van der Waals surface area contributed by atoms with Crippen LogP contribution in [0.15, 0.2) is 18.2 Å². The van der Waals surface area contributed by atoms with E-state index in [1.807, 2.05) is 12.1 Å². The molecule has 0 atom stereocenters. The van der Waals surface area contributed by atoms with Crippen LogP contribution in [0.5, 0.6) is 0 Å².